The van der Waals surface area contributed by atoms with Crippen molar-refractivity contribution in [1.82, 2.24) is 19.4 Å². The lowest BCUT2D eigenvalue weighted by atomic mass is 10.1. The van der Waals surface area contributed by atoms with Gasteiger partial charge >= 0.3 is 0 Å². The van der Waals surface area contributed by atoms with Crippen LogP contribution in [0.5, 0.6) is 0 Å². The third-order valence-electron chi connectivity index (χ3n) is 4.53. The summed E-state index contributed by atoms with van der Waals surface area (Å²) >= 11 is 13.7. The molecule has 0 amide bonds. The summed E-state index contributed by atoms with van der Waals surface area (Å²) in [5.74, 6) is 1.20. The first kappa shape index (κ1) is 20.4. The monoisotopic (exact) mass is 457 g/mol. The Morgan fingerprint density at radius 3 is 2.87 bits per heavy atom. The van der Waals surface area contributed by atoms with E-state index in [4.69, 9.17) is 39.2 Å². The van der Waals surface area contributed by atoms with Gasteiger partial charge in [0.25, 0.3) is 0 Å². The van der Waals surface area contributed by atoms with E-state index in [0.717, 1.165) is 16.2 Å². The average molecular weight is 458 g/mol. The molecular weight excluding hydrogens is 441 g/mol. The average Bonchev–Trinajstić information content (AvgIpc) is 3.32. The number of nitrogen functional groups attached to an aromatic ring is 1. The molecule has 3 heterocycles. The number of nitrogens with two attached hydrogens (primary N) is 1. The number of anilines is 2. The molecule has 1 atom stereocenters. The fraction of sp³-hybridized carbons (Fsp3) is 0.200. The number of aromatic nitrogens is 4. The van der Waals surface area contributed by atoms with Crippen LogP contribution in [0.2, 0.25) is 10.0 Å². The number of fused-ring (bicyclic) bond motifs is 1. The standard InChI is InChI=1S/C20H17Cl2N7S/c1-11(6-18-28-19(24)16(9-23)30-18)10-26-20-27-15(8-17-25-4-5-29(17)20)13-3-2-12(21)7-14(13)22/h2-5,7-8,11H,6,10,24H2,1H3,(H,26,27). The second-order valence-corrected chi connectivity index (χ2v) is 8.80. The summed E-state index contributed by atoms with van der Waals surface area (Å²) in [6.45, 7) is 2.75. The molecule has 7 nitrogen and oxygen atoms in total. The quantitative estimate of drug-likeness (QED) is 0.426. The minimum absolute atomic E-state index is 0.241. The van der Waals surface area contributed by atoms with E-state index in [1.807, 2.05) is 22.7 Å². The van der Waals surface area contributed by atoms with E-state index in [9.17, 15) is 0 Å². The van der Waals surface area contributed by atoms with E-state index in [1.54, 1.807) is 18.3 Å². The van der Waals surface area contributed by atoms with Gasteiger partial charge in [-0.1, -0.05) is 30.1 Å². The maximum absolute atomic E-state index is 9.05. The number of imidazole rings is 1. The zero-order chi connectivity index (χ0) is 21.3. The summed E-state index contributed by atoms with van der Waals surface area (Å²) in [4.78, 5) is 13.9. The first-order chi connectivity index (χ1) is 14.4. The molecule has 0 aliphatic rings. The van der Waals surface area contributed by atoms with Crippen molar-refractivity contribution in [1.29, 1.82) is 5.26 Å². The molecule has 0 aliphatic carbocycles. The van der Waals surface area contributed by atoms with Crippen LogP contribution in [0.25, 0.3) is 16.9 Å². The van der Waals surface area contributed by atoms with Crippen molar-refractivity contribution in [3.8, 4) is 17.3 Å². The van der Waals surface area contributed by atoms with Gasteiger partial charge in [0, 0.05) is 42.0 Å². The molecule has 10 heteroatoms. The van der Waals surface area contributed by atoms with Gasteiger partial charge in [0.2, 0.25) is 5.95 Å². The molecule has 3 N–H and O–H groups in total. The second-order valence-electron chi connectivity index (χ2n) is 6.87. The Morgan fingerprint density at radius 2 is 2.13 bits per heavy atom. The van der Waals surface area contributed by atoms with Crippen molar-refractivity contribution in [2.75, 3.05) is 17.6 Å². The summed E-state index contributed by atoms with van der Waals surface area (Å²) in [6, 6.07) is 9.27. The van der Waals surface area contributed by atoms with Gasteiger partial charge in [-0.3, -0.25) is 4.40 Å². The Morgan fingerprint density at radius 1 is 1.30 bits per heavy atom. The number of rotatable bonds is 6. The molecule has 4 aromatic rings. The molecular formula is C20H17Cl2N7S. The van der Waals surface area contributed by atoms with Gasteiger partial charge in [-0.05, 0) is 24.1 Å². The molecule has 30 heavy (non-hydrogen) atoms. The fourth-order valence-corrected chi connectivity index (χ4v) is 4.51. The van der Waals surface area contributed by atoms with E-state index in [0.29, 0.717) is 45.3 Å². The molecule has 0 saturated heterocycles. The fourth-order valence-electron chi connectivity index (χ4n) is 3.06. The van der Waals surface area contributed by atoms with E-state index in [1.165, 1.54) is 11.3 Å². The van der Waals surface area contributed by atoms with Crippen LogP contribution in [0, 0.1) is 17.2 Å². The van der Waals surface area contributed by atoms with Gasteiger partial charge in [-0.15, -0.1) is 11.3 Å². The topological polar surface area (TPSA) is 105 Å². The molecule has 1 aromatic carbocycles. The Kier molecular flexibility index (Phi) is 5.77. The van der Waals surface area contributed by atoms with Crippen LogP contribution in [0.1, 0.15) is 16.8 Å². The van der Waals surface area contributed by atoms with Crippen molar-refractivity contribution in [3.63, 3.8) is 0 Å². The van der Waals surface area contributed by atoms with Crippen molar-refractivity contribution in [3.05, 3.63) is 56.6 Å². The zero-order valence-electron chi connectivity index (χ0n) is 15.9. The number of benzene rings is 1. The minimum atomic E-state index is 0.241. The highest BCUT2D eigenvalue weighted by atomic mass is 35.5. The zero-order valence-corrected chi connectivity index (χ0v) is 18.3. The SMILES string of the molecule is CC(CNc1nc(-c2ccc(Cl)cc2Cl)cc2nccn12)Cc1nc(N)c(C#N)s1. The van der Waals surface area contributed by atoms with Gasteiger partial charge < -0.3 is 11.1 Å². The van der Waals surface area contributed by atoms with Crippen LogP contribution in [-0.2, 0) is 6.42 Å². The summed E-state index contributed by atoms with van der Waals surface area (Å²) in [5.41, 5.74) is 8.00. The Labute approximate surface area is 187 Å². The predicted octanol–water partition coefficient (Wildman–Crippen LogP) is 4.90. The number of hydrogen-bond donors (Lipinski definition) is 2. The Bertz CT molecular complexity index is 1260. The third-order valence-corrected chi connectivity index (χ3v) is 6.07. The predicted molar refractivity (Wildman–Crippen MR) is 121 cm³/mol. The van der Waals surface area contributed by atoms with E-state index < -0.39 is 0 Å². The molecule has 0 bridgehead atoms. The highest BCUT2D eigenvalue weighted by molar-refractivity contribution is 7.12. The Balaban J connectivity index is 1.56. The molecule has 152 valence electrons. The van der Waals surface area contributed by atoms with Crippen LogP contribution in [0.15, 0.2) is 36.7 Å². The maximum atomic E-state index is 9.05. The highest BCUT2D eigenvalue weighted by Gasteiger charge is 2.14. The molecule has 0 spiro atoms. The number of nitrogens with one attached hydrogen (secondary N) is 1. The molecule has 0 radical (unpaired) electrons. The maximum Gasteiger partial charge on any atom is 0.209 e. The normalized spacial score (nSPS) is 12.1. The number of hydrogen-bond acceptors (Lipinski definition) is 7. The second kappa shape index (κ2) is 8.48. The number of halogens is 2. The van der Waals surface area contributed by atoms with E-state index in [-0.39, 0.29) is 5.92 Å². The highest BCUT2D eigenvalue weighted by Crippen LogP contribution is 2.30. The largest absolute Gasteiger partial charge is 0.382 e. The number of nitriles is 1. The van der Waals surface area contributed by atoms with Gasteiger partial charge in [-0.2, -0.15) is 5.26 Å². The van der Waals surface area contributed by atoms with Crippen LogP contribution >= 0.6 is 34.5 Å². The first-order valence-corrected chi connectivity index (χ1v) is 10.7. The first-order valence-electron chi connectivity index (χ1n) is 9.13. The molecule has 0 aliphatic heterocycles. The van der Waals surface area contributed by atoms with Gasteiger partial charge in [-0.25, -0.2) is 15.0 Å². The van der Waals surface area contributed by atoms with Crippen molar-refractivity contribution >= 4 is 52.0 Å². The number of nitrogens with zero attached hydrogens (tertiary/aromatic N) is 5. The molecule has 4 rings (SSSR count). The van der Waals surface area contributed by atoms with Gasteiger partial charge in [0.1, 0.15) is 16.6 Å². The third kappa shape index (κ3) is 4.19. The molecule has 1 unspecified atom stereocenters. The summed E-state index contributed by atoms with van der Waals surface area (Å²) in [6.07, 6.45) is 4.28. The Hall–Kier alpha value is -2.86. The number of thiazole rings is 1. The lowest BCUT2D eigenvalue weighted by molar-refractivity contribution is 0.607. The summed E-state index contributed by atoms with van der Waals surface area (Å²) < 4.78 is 1.88. The molecule has 3 aromatic heterocycles. The van der Waals surface area contributed by atoms with Crippen molar-refractivity contribution < 1.29 is 0 Å². The lowest BCUT2D eigenvalue weighted by Crippen LogP contribution is -2.16. The van der Waals surface area contributed by atoms with Crippen molar-refractivity contribution in [2.45, 2.75) is 13.3 Å². The van der Waals surface area contributed by atoms with E-state index in [2.05, 4.69) is 28.3 Å². The minimum Gasteiger partial charge on any atom is -0.382 e. The van der Waals surface area contributed by atoms with Crippen molar-refractivity contribution in [2.24, 2.45) is 5.92 Å². The molecule has 0 saturated carbocycles. The van der Waals surface area contributed by atoms with Crippen LogP contribution in [-0.4, -0.2) is 25.9 Å². The summed E-state index contributed by atoms with van der Waals surface area (Å²) in [7, 11) is 0. The lowest BCUT2D eigenvalue weighted by Gasteiger charge is -2.14. The summed E-state index contributed by atoms with van der Waals surface area (Å²) in [5, 5.41) is 14.4. The van der Waals surface area contributed by atoms with Crippen LogP contribution < -0.4 is 11.1 Å². The smallest absolute Gasteiger partial charge is 0.209 e. The van der Waals surface area contributed by atoms with Crippen LogP contribution in [0.4, 0.5) is 11.8 Å². The van der Waals surface area contributed by atoms with E-state index >= 15 is 0 Å². The van der Waals surface area contributed by atoms with Gasteiger partial charge in [0.15, 0.2) is 5.82 Å². The molecule has 0 fully saturated rings. The van der Waals surface area contributed by atoms with Crippen LogP contribution in [0.3, 0.4) is 0 Å². The van der Waals surface area contributed by atoms with Gasteiger partial charge in [0.05, 0.1) is 15.7 Å².